The second kappa shape index (κ2) is 7.52. The molecule has 1 fully saturated rings. The van der Waals surface area contributed by atoms with Crippen molar-refractivity contribution in [3.8, 4) is 11.5 Å². The normalized spacial score (nSPS) is 14.7. The van der Waals surface area contributed by atoms with Crippen LogP contribution in [0.2, 0.25) is 0 Å². The summed E-state index contributed by atoms with van der Waals surface area (Å²) in [6, 6.07) is 11.8. The highest BCUT2D eigenvalue weighted by Crippen LogP contribution is 2.27. The summed E-state index contributed by atoms with van der Waals surface area (Å²) in [4.78, 5) is 21.0. The lowest BCUT2D eigenvalue weighted by Crippen LogP contribution is -2.32. The van der Waals surface area contributed by atoms with Crippen LogP contribution in [0.5, 0.6) is 0 Å². The van der Waals surface area contributed by atoms with Gasteiger partial charge in [0.1, 0.15) is 17.8 Å². The molecule has 0 aliphatic carbocycles. The molecule has 2 amide bonds. The van der Waals surface area contributed by atoms with Gasteiger partial charge in [-0.05, 0) is 44.2 Å². The van der Waals surface area contributed by atoms with Crippen molar-refractivity contribution in [3.05, 3.63) is 48.8 Å². The standard InChI is InChI=1S/C20H22N6O3S/c1-14(2)26-13-21-23-19(26)17-8-5-9-18(22-17)25-11-10-24(20(25)27)15-6-4-7-16(12-15)30(3,28)29/h4-9,12-14H,10-11H2,1-3H3. The lowest BCUT2D eigenvalue weighted by Gasteiger charge is -2.19. The maximum absolute atomic E-state index is 13.1. The quantitative estimate of drug-likeness (QED) is 0.622. The first-order valence-electron chi connectivity index (χ1n) is 9.52. The van der Waals surface area contributed by atoms with Gasteiger partial charge in [-0.3, -0.25) is 9.80 Å². The summed E-state index contributed by atoms with van der Waals surface area (Å²) in [7, 11) is -3.36. The number of rotatable bonds is 5. The van der Waals surface area contributed by atoms with E-state index in [0.29, 0.717) is 36.1 Å². The molecule has 4 rings (SSSR count). The van der Waals surface area contributed by atoms with Gasteiger partial charge in [-0.2, -0.15) is 0 Å². The minimum absolute atomic E-state index is 0.173. The largest absolute Gasteiger partial charge is 0.330 e. The molecule has 1 aromatic carbocycles. The number of carbonyl (C=O) groups excluding carboxylic acids is 1. The highest BCUT2D eigenvalue weighted by Gasteiger charge is 2.32. The van der Waals surface area contributed by atoms with Crippen LogP contribution >= 0.6 is 0 Å². The van der Waals surface area contributed by atoms with Crippen LogP contribution in [-0.2, 0) is 9.84 Å². The van der Waals surface area contributed by atoms with E-state index in [-0.39, 0.29) is 17.0 Å². The molecule has 0 unspecified atom stereocenters. The fourth-order valence-electron chi connectivity index (χ4n) is 3.37. The van der Waals surface area contributed by atoms with E-state index in [1.807, 2.05) is 30.5 Å². The van der Waals surface area contributed by atoms with E-state index in [9.17, 15) is 13.2 Å². The third-order valence-corrected chi connectivity index (χ3v) is 6.05. The lowest BCUT2D eigenvalue weighted by molar-refractivity contribution is 0.255. The molecule has 1 aliphatic rings. The second-order valence-corrected chi connectivity index (χ2v) is 9.41. The molecule has 10 heteroatoms. The number of sulfone groups is 1. The first-order valence-corrected chi connectivity index (χ1v) is 11.4. The zero-order chi connectivity index (χ0) is 21.5. The molecular weight excluding hydrogens is 404 g/mol. The van der Waals surface area contributed by atoms with Crippen LogP contribution in [0.15, 0.2) is 53.7 Å². The number of carbonyl (C=O) groups is 1. The molecule has 9 nitrogen and oxygen atoms in total. The Morgan fingerprint density at radius 3 is 2.50 bits per heavy atom. The summed E-state index contributed by atoms with van der Waals surface area (Å²) < 4.78 is 25.6. The minimum Gasteiger partial charge on any atom is -0.310 e. The van der Waals surface area contributed by atoms with E-state index in [4.69, 9.17) is 0 Å². The van der Waals surface area contributed by atoms with Gasteiger partial charge in [0, 0.05) is 31.1 Å². The van der Waals surface area contributed by atoms with E-state index < -0.39 is 9.84 Å². The fourth-order valence-corrected chi connectivity index (χ4v) is 4.03. The van der Waals surface area contributed by atoms with E-state index >= 15 is 0 Å². The molecular formula is C20H22N6O3S. The summed E-state index contributed by atoms with van der Waals surface area (Å²) in [6.45, 7) is 4.93. The molecule has 0 atom stereocenters. The number of anilines is 2. The van der Waals surface area contributed by atoms with Crippen molar-refractivity contribution in [1.29, 1.82) is 0 Å². The predicted octanol–water partition coefficient (Wildman–Crippen LogP) is 2.77. The number of hydrogen-bond donors (Lipinski definition) is 0. The smallest absolute Gasteiger partial charge is 0.310 e. The third kappa shape index (κ3) is 3.65. The van der Waals surface area contributed by atoms with Crippen LogP contribution in [0.25, 0.3) is 11.5 Å². The van der Waals surface area contributed by atoms with E-state index in [0.717, 1.165) is 6.26 Å². The first kappa shape index (κ1) is 20.0. The molecule has 156 valence electrons. The molecule has 0 N–H and O–H groups in total. The molecule has 1 aliphatic heterocycles. The Labute approximate surface area is 174 Å². The second-order valence-electron chi connectivity index (χ2n) is 7.39. The number of aromatic nitrogens is 4. The number of amides is 2. The average molecular weight is 427 g/mol. The van der Waals surface area contributed by atoms with Gasteiger partial charge in [-0.15, -0.1) is 10.2 Å². The van der Waals surface area contributed by atoms with Crippen LogP contribution in [0.1, 0.15) is 19.9 Å². The average Bonchev–Trinajstić information content (AvgIpc) is 3.34. The number of urea groups is 1. The van der Waals surface area contributed by atoms with Gasteiger partial charge in [0.05, 0.1) is 4.90 Å². The molecule has 0 radical (unpaired) electrons. The summed E-state index contributed by atoms with van der Waals surface area (Å²) in [5.41, 5.74) is 1.17. The van der Waals surface area contributed by atoms with Crippen LogP contribution in [0.4, 0.5) is 16.3 Å². The molecule has 0 bridgehead atoms. The topological polar surface area (TPSA) is 101 Å². The zero-order valence-electron chi connectivity index (χ0n) is 16.9. The molecule has 3 heterocycles. The molecule has 30 heavy (non-hydrogen) atoms. The molecule has 0 saturated carbocycles. The van der Waals surface area contributed by atoms with Crippen molar-refractivity contribution in [2.45, 2.75) is 24.8 Å². The SMILES string of the molecule is CC(C)n1cnnc1-c1cccc(N2CCN(c3cccc(S(C)(=O)=O)c3)C2=O)n1. The van der Waals surface area contributed by atoms with Crippen molar-refractivity contribution in [1.82, 2.24) is 19.7 Å². The highest BCUT2D eigenvalue weighted by atomic mass is 32.2. The summed E-state index contributed by atoms with van der Waals surface area (Å²) in [6.07, 6.45) is 2.81. The van der Waals surface area contributed by atoms with Crippen molar-refractivity contribution in [2.75, 3.05) is 29.1 Å². The summed E-state index contributed by atoms with van der Waals surface area (Å²) >= 11 is 0. The highest BCUT2D eigenvalue weighted by molar-refractivity contribution is 7.90. The predicted molar refractivity (Wildman–Crippen MR) is 113 cm³/mol. The van der Waals surface area contributed by atoms with Gasteiger partial charge < -0.3 is 4.57 Å². The van der Waals surface area contributed by atoms with E-state index in [1.165, 1.54) is 12.1 Å². The number of hydrogen-bond acceptors (Lipinski definition) is 6. The number of nitrogens with zero attached hydrogens (tertiary/aromatic N) is 6. The Morgan fingerprint density at radius 1 is 1.03 bits per heavy atom. The van der Waals surface area contributed by atoms with Crippen LogP contribution in [0, 0.1) is 0 Å². The molecule has 3 aromatic rings. The van der Waals surface area contributed by atoms with Crippen molar-refractivity contribution in [3.63, 3.8) is 0 Å². The summed E-state index contributed by atoms with van der Waals surface area (Å²) in [5, 5.41) is 8.15. The Kier molecular flexibility index (Phi) is 5.02. The van der Waals surface area contributed by atoms with E-state index in [1.54, 1.807) is 34.3 Å². The van der Waals surface area contributed by atoms with Gasteiger partial charge >= 0.3 is 6.03 Å². The number of benzene rings is 1. The first-order chi connectivity index (χ1) is 14.3. The Hall–Kier alpha value is -3.27. The number of pyridine rings is 1. The fraction of sp³-hybridized carbons (Fsp3) is 0.300. The minimum atomic E-state index is -3.36. The van der Waals surface area contributed by atoms with Gasteiger partial charge in [-0.25, -0.2) is 18.2 Å². The van der Waals surface area contributed by atoms with Gasteiger partial charge in [0.2, 0.25) is 0 Å². The molecule has 1 saturated heterocycles. The monoisotopic (exact) mass is 426 g/mol. The summed E-state index contributed by atoms with van der Waals surface area (Å²) in [5.74, 6) is 1.15. The van der Waals surface area contributed by atoms with E-state index in [2.05, 4.69) is 15.2 Å². The third-order valence-electron chi connectivity index (χ3n) is 4.94. The van der Waals surface area contributed by atoms with Crippen LogP contribution in [0.3, 0.4) is 0 Å². The maximum Gasteiger partial charge on any atom is 0.330 e. The Morgan fingerprint density at radius 2 is 1.77 bits per heavy atom. The Balaban J connectivity index is 1.63. The molecule has 0 spiro atoms. The molecule has 2 aromatic heterocycles. The van der Waals surface area contributed by atoms with Crippen molar-refractivity contribution in [2.24, 2.45) is 0 Å². The Bertz CT molecular complexity index is 1200. The van der Waals surface area contributed by atoms with Crippen molar-refractivity contribution >= 4 is 27.4 Å². The lowest BCUT2D eigenvalue weighted by atomic mass is 10.3. The maximum atomic E-state index is 13.1. The van der Waals surface area contributed by atoms with Crippen LogP contribution in [-0.4, -0.2) is 53.5 Å². The van der Waals surface area contributed by atoms with Gasteiger partial charge in [0.25, 0.3) is 0 Å². The van der Waals surface area contributed by atoms with Crippen LogP contribution < -0.4 is 9.80 Å². The van der Waals surface area contributed by atoms with Crippen molar-refractivity contribution < 1.29 is 13.2 Å². The zero-order valence-corrected chi connectivity index (χ0v) is 17.7. The van der Waals surface area contributed by atoms with Gasteiger partial charge in [-0.1, -0.05) is 12.1 Å². The van der Waals surface area contributed by atoms with Gasteiger partial charge in [0.15, 0.2) is 15.7 Å².